The lowest BCUT2D eigenvalue weighted by molar-refractivity contribution is 0.0181. The summed E-state index contributed by atoms with van der Waals surface area (Å²) < 4.78 is 56.8. The zero-order valence-corrected chi connectivity index (χ0v) is 16.0. The number of rotatable bonds is 2. The van der Waals surface area contributed by atoms with Crippen molar-refractivity contribution >= 4 is 0 Å². The average molecular weight is 360 g/mol. The Kier molecular flexibility index (Phi) is 31.2. The predicted molar refractivity (Wildman–Crippen MR) is 98.5 cm³/mol. The number of halogens is 5. The molecule has 0 aromatic carbocycles. The quantitative estimate of drug-likeness (QED) is 0.340. The Bertz CT molecular complexity index is 319. The van der Waals surface area contributed by atoms with E-state index in [0.29, 0.717) is 6.42 Å². The van der Waals surface area contributed by atoms with Crippen LogP contribution >= 0.6 is 0 Å². The van der Waals surface area contributed by atoms with Gasteiger partial charge in [-0.15, -0.1) is 0 Å². The van der Waals surface area contributed by atoms with Crippen molar-refractivity contribution < 1.29 is 22.0 Å². The smallest absolute Gasteiger partial charge is 0.213 e. The third-order valence-electron chi connectivity index (χ3n) is 2.45. The molecule has 0 saturated carbocycles. The molecule has 0 amide bonds. The maximum absolute atomic E-state index is 11.5. The van der Waals surface area contributed by atoms with Crippen LogP contribution in [0.25, 0.3) is 0 Å². The van der Waals surface area contributed by atoms with Gasteiger partial charge in [0, 0.05) is 6.42 Å². The zero-order valence-electron chi connectivity index (χ0n) is 16.0. The molecular weight excluding hydrogens is 323 g/mol. The summed E-state index contributed by atoms with van der Waals surface area (Å²) in [5.74, 6) is -2.58. The molecule has 0 spiro atoms. The normalized spacial score (nSPS) is 9.50. The third-order valence-corrected chi connectivity index (χ3v) is 2.45. The van der Waals surface area contributed by atoms with E-state index >= 15 is 0 Å². The van der Waals surface area contributed by atoms with Gasteiger partial charge < -0.3 is 0 Å². The molecule has 0 saturated heterocycles. The highest BCUT2D eigenvalue weighted by atomic mass is 19.3. The summed E-state index contributed by atoms with van der Waals surface area (Å²) in [6.07, 6.45) is 2.34. The van der Waals surface area contributed by atoms with Gasteiger partial charge in [-0.3, -0.25) is 0 Å². The van der Waals surface area contributed by atoms with Gasteiger partial charge in [0.2, 0.25) is 5.92 Å². The second-order valence-corrected chi connectivity index (χ2v) is 5.06. The van der Waals surface area contributed by atoms with Crippen LogP contribution in [0.15, 0.2) is 35.2 Å². The Labute approximate surface area is 146 Å². The molecule has 0 rings (SSSR count). The van der Waals surface area contributed by atoms with Gasteiger partial charge in [0.15, 0.2) is 0 Å². The van der Waals surface area contributed by atoms with E-state index in [1.807, 2.05) is 6.92 Å². The highest BCUT2D eigenvalue weighted by Gasteiger charge is 2.15. The lowest BCUT2D eigenvalue weighted by atomic mass is 10.3. The summed E-state index contributed by atoms with van der Waals surface area (Å²) in [5.41, 5.74) is 1.56. The van der Waals surface area contributed by atoms with Crippen molar-refractivity contribution in [1.29, 1.82) is 0 Å². The summed E-state index contributed by atoms with van der Waals surface area (Å²) in [6.45, 7) is 14.8. The van der Waals surface area contributed by atoms with Crippen LogP contribution in [-0.2, 0) is 0 Å². The predicted octanol–water partition coefficient (Wildman–Crippen LogP) is 9.11. The second kappa shape index (κ2) is 21.9. The van der Waals surface area contributed by atoms with Crippen LogP contribution in [0.1, 0.15) is 82.6 Å². The van der Waals surface area contributed by atoms with Crippen LogP contribution in [-0.4, -0.2) is 5.92 Å². The molecule has 0 radical (unpaired) electrons. The molecular formula is C19H37F5. The highest BCUT2D eigenvalue weighted by molar-refractivity contribution is 4.96. The molecule has 0 aromatic rings. The van der Waals surface area contributed by atoms with E-state index in [2.05, 4.69) is 19.9 Å². The van der Waals surface area contributed by atoms with E-state index in [1.54, 1.807) is 13.8 Å². The van der Waals surface area contributed by atoms with Crippen LogP contribution in [0.2, 0.25) is 0 Å². The average Bonchev–Trinajstić information content (AvgIpc) is 2.47. The molecule has 0 N–H and O–H groups in total. The number of hydrogen-bond donors (Lipinski definition) is 0. The minimum absolute atomic E-state index is 0. The Hall–Kier alpha value is -1.13. The van der Waals surface area contributed by atoms with Gasteiger partial charge >= 0.3 is 0 Å². The van der Waals surface area contributed by atoms with Crippen LogP contribution in [0.5, 0.6) is 0 Å². The van der Waals surface area contributed by atoms with Crippen molar-refractivity contribution in [2.45, 2.75) is 88.5 Å². The zero-order chi connectivity index (χ0) is 19.6. The molecule has 0 unspecified atom stereocenters. The molecule has 0 bridgehead atoms. The van der Waals surface area contributed by atoms with Crippen LogP contribution in [0.4, 0.5) is 22.0 Å². The number of alkyl halides is 2. The van der Waals surface area contributed by atoms with E-state index in [4.69, 9.17) is 0 Å². The molecule has 0 atom stereocenters. The number of hydrogen-bond acceptors (Lipinski definition) is 0. The molecule has 0 aliphatic heterocycles. The van der Waals surface area contributed by atoms with Gasteiger partial charge in [-0.2, -0.15) is 8.78 Å². The summed E-state index contributed by atoms with van der Waals surface area (Å²) in [7, 11) is 0. The Morgan fingerprint density at radius 3 is 1.12 bits per heavy atom. The minimum atomic E-state index is -2.46. The standard InChI is InChI=1S/C5H8F2.C5H10.C4H8F2.C4H7F.CH4/c1-3-4(2)5(6)7;1-4-5(2)3;1-3-4(2,5)6;1-3-4(2)5;/h3H2,1-2H3;4H,1-3H3;3H2,1-2H3;3H,1-2H3;1H4/b;;;4-3+;. The fourth-order valence-electron chi connectivity index (χ4n) is 0.134. The van der Waals surface area contributed by atoms with Crippen LogP contribution in [0, 0.1) is 0 Å². The van der Waals surface area contributed by atoms with E-state index in [9.17, 15) is 22.0 Å². The van der Waals surface area contributed by atoms with Crippen molar-refractivity contribution in [3.8, 4) is 0 Å². The van der Waals surface area contributed by atoms with Gasteiger partial charge in [0.1, 0.15) is 0 Å². The number of allylic oxidation sites excluding steroid dienone is 5. The fourth-order valence-corrected chi connectivity index (χ4v) is 0.134. The molecule has 24 heavy (non-hydrogen) atoms. The van der Waals surface area contributed by atoms with Crippen LogP contribution in [0.3, 0.4) is 0 Å². The lowest BCUT2D eigenvalue weighted by Crippen LogP contribution is -2.05. The molecule has 0 aliphatic carbocycles. The van der Waals surface area contributed by atoms with E-state index < -0.39 is 12.0 Å². The largest absolute Gasteiger partial charge is 0.269 e. The van der Waals surface area contributed by atoms with Gasteiger partial charge in [-0.1, -0.05) is 39.0 Å². The first kappa shape index (κ1) is 34.3. The molecule has 0 nitrogen and oxygen atoms in total. The molecule has 0 heterocycles. The van der Waals surface area contributed by atoms with Crippen molar-refractivity contribution in [3.05, 3.63) is 35.2 Å². The Morgan fingerprint density at radius 2 is 1.12 bits per heavy atom. The summed E-state index contributed by atoms with van der Waals surface area (Å²) in [4.78, 5) is 0. The highest BCUT2D eigenvalue weighted by Crippen LogP contribution is 2.14. The van der Waals surface area contributed by atoms with Crippen LogP contribution < -0.4 is 0 Å². The SMILES string of the molecule is C.C/C=C(\C)F.CC=C(C)C.CCC(C)(F)F.CCC(C)=C(F)F. The molecule has 0 aromatic heterocycles. The summed E-state index contributed by atoms with van der Waals surface area (Å²) in [6, 6.07) is 0. The fraction of sp³-hybridized carbons (Fsp3) is 0.684. The van der Waals surface area contributed by atoms with Gasteiger partial charge in [0.25, 0.3) is 6.08 Å². The first-order valence-corrected chi connectivity index (χ1v) is 7.55. The third kappa shape index (κ3) is 58.5. The molecule has 148 valence electrons. The minimum Gasteiger partial charge on any atom is -0.213 e. The Morgan fingerprint density at radius 1 is 0.875 bits per heavy atom. The second-order valence-electron chi connectivity index (χ2n) is 5.06. The van der Waals surface area contributed by atoms with E-state index in [1.165, 1.54) is 32.4 Å². The summed E-state index contributed by atoms with van der Waals surface area (Å²) >= 11 is 0. The summed E-state index contributed by atoms with van der Waals surface area (Å²) in [5, 5.41) is 0. The lowest BCUT2D eigenvalue weighted by Gasteiger charge is -2.02. The maximum Gasteiger partial charge on any atom is 0.269 e. The molecule has 0 aliphatic rings. The maximum atomic E-state index is 11.5. The topological polar surface area (TPSA) is 0 Å². The first-order valence-electron chi connectivity index (χ1n) is 7.55. The molecule has 0 fully saturated rings. The molecule has 5 heteroatoms. The van der Waals surface area contributed by atoms with Gasteiger partial charge in [-0.25, -0.2) is 13.2 Å². The monoisotopic (exact) mass is 360 g/mol. The Balaban J connectivity index is -0.0000000666. The van der Waals surface area contributed by atoms with Crippen molar-refractivity contribution in [3.63, 3.8) is 0 Å². The van der Waals surface area contributed by atoms with E-state index in [0.717, 1.165) is 6.92 Å². The first-order chi connectivity index (χ1) is 10.3. The van der Waals surface area contributed by atoms with Gasteiger partial charge in [-0.05, 0) is 60.5 Å². The van der Waals surface area contributed by atoms with Gasteiger partial charge in [0.05, 0.1) is 5.83 Å². The van der Waals surface area contributed by atoms with E-state index in [-0.39, 0.29) is 25.2 Å². The van der Waals surface area contributed by atoms with Crippen molar-refractivity contribution in [2.75, 3.05) is 0 Å². The van der Waals surface area contributed by atoms with Crippen molar-refractivity contribution in [1.82, 2.24) is 0 Å². The van der Waals surface area contributed by atoms with Crippen molar-refractivity contribution in [2.24, 2.45) is 0 Å².